The van der Waals surface area contributed by atoms with Crippen molar-refractivity contribution in [2.24, 2.45) is 5.92 Å². The number of nitrogens with one attached hydrogen (secondary N) is 1. The first kappa shape index (κ1) is 18.1. The molecule has 1 aliphatic rings. The second-order valence-electron chi connectivity index (χ2n) is 5.94. The number of hydrogen-bond acceptors (Lipinski definition) is 5. The highest BCUT2D eigenvalue weighted by molar-refractivity contribution is 6.42. The lowest BCUT2D eigenvalue weighted by atomic mass is 9.95. The normalized spacial score (nSPS) is 21.1. The van der Waals surface area contributed by atoms with Crippen LogP contribution in [0.3, 0.4) is 0 Å². The zero-order valence-corrected chi connectivity index (χ0v) is 15.1. The van der Waals surface area contributed by atoms with Crippen LogP contribution in [-0.4, -0.2) is 45.8 Å². The van der Waals surface area contributed by atoms with E-state index in [1.807, 2.05) is 12.1 Å². The molecule has 2 atom stereocenters. The summed E-state index contributed by atoms with van der Waals surface area (Å²) >= 11 is 12.2. The van der Waals surface area contributed by atoms with Gasteiger partial charge in [0, 0.05) is 25.6 Å². The Balaban J connectivity index is 1.88. The van der Waals surface area contributed by atoms with Crippen LogP contribution in [0.5, 0.6) is 0 Å². The molecular weight excluding hydrogens is 367 g/mol. The van der Waals surface area contributed by atoms with Crippen LogP contribution in [0.25, 0.3) is 0 Å². The predicted molar refractivity (Wildman–Crippen MR) is 93.2 cm³/mol. The van der Waals surface area contributed by atoms with E-state index in [0.717, 1.165) is 12.1 Å². The predicted octanol–water partition coefficient (Wildman–Crippen LogP) is 2.57. The van der Waals surface area contributed by atoms with Crippen LogP contribution in [0, 0.1) is 12.8 Å². The highest BCUT2D eigenvalue weighted by Crippen LogP contribution is 2.33. The Morgan fingerprint density at radius 1 is 1.44 bits per heavy atom. The average molecular weight is 385 g/mol. The molecule has 0 radical (unpaired) electrons. The molecule has 1 aliphatic heterocycles. The Labute approximate surface area is 154 Å². The minimum absolute atomic E-state index is 0.0294. The molecule has 3 rings (SSSR count). The summed E-state index contributed by atoms with van der Waals surface area (Å²) in [5.74, 6) is -1.05. The topological polar surface area (TPSA) is 89.3 Å². The van der Waals surface area contributed by atoms with Gasteiger partial charge < -0.3 is 15.2 Å². The van der Waals surface area contributed by atoms with E-state index in [-0.39, 0.29) is 17.7 Å². The second-order valence-corrected chi connectivity index (χ2v) is 6.75. The molecule has 1 fully saturated rings. The molecule has 7 nitrogen and oxygen atoms in total. The highest BCUT2D eigenvalue weighted by Gasteiger charge is 2.28. The van der Waals surface area contributed by atoms with Crippen LogP contribution >= 0.6 is 23.2 Å². The van der Waals surface area contributed by atoms with Crippen molar-refractivity contribution in [3.05, 3.63) is 45.2 Å². The van der Waals surface area contributed by atoms with Crippen LogP contribution < -0.4 is 5.32 Å². The van der Waals surface area contributed by atoms with E-state index in [9.17, 15) is 4.79 Å². The second kappa shape index (κ2) is 7.70. The molecule has 0 spiro atoms. The van der Waals surface area contributed by atoms with Crippen molar-refractivity contribution in [1.82, 2.24) is 20.3 Å². The van der Waals surface area contributed by atoms with Crippen molar-refractivity contribution in [3.63, 3.8) is 0 Å². The lowest BCUT2D eigenvalue weighted by Gasteiger charge is -2.25. The van der Waals surface area contributed by atoms with Gasteiger partial charge in [-0.2, -0.15) is 0 Å². The maximum atomic E-state index is 11.2. The van der Waals surface area contributed by atoms with Crippen molar-refractivity contribution < 1.29 is 14.6 Å². The van der Waals surface area contributed by atoms with Gasteiger partial charge in [0.1, 0.15) is 0 Å². The Hall–Kier alpha value is -1.67. The lowest BCUT2D eigenvalue weighted by molar-refractivity contribution is 0.0239. The first-order valence-electron chi connectivity index (χ1n) is 7.88. The monoisotopic (exact) mass is 384 g/mol. The molecule has 1 aromatic heterocycles. The summed E-state index contributed by atoms with van der Waals surface area (Å²) in [5.41, 5.74) is 1.41. The number of carboxylic acid groups (broad SMARTS) is 1. The number of aromatic carboxylic acids is 1. The molecule has 0 saturated carbocycles. The van der Waals surface area contributed by atoms with Gasteiger partial charge in [-0.15, -0.1) is 5.10 Å². The Morgan fingerprint density at radius 2 is 2.24 bits per heavy atom. The van der Waals surface area contributed by atoms with Gasteiger partial charge in [-0.05, 0) is 24.6 Å². The number of aromatic nitrogens is 3. The lowest BCUT2D eigenvalue weighted by Crippen LogP contribution is -2.29. The van der Waals surface area contributed by atoms with Crippen molar-refractivity contribution in [3.8, 4) is 0 Å². The number of carboxylic acids is 1. The maximum Gasteiger partial charge on any atom is 0.358 e. The van der Waals surface area contributed by atoms with E-state index in [0.29, 0.717) is 35.4 Å². The molecule has 0 aliphatic carbocycles. The summed E-state index contributed by atoms with van der Waals surface area (Å²) in [6.07, 6.45) is -0.207. The molecule has 2 N–H and O–H groups in total. The first-order valence-corrected chi connectivity index (χ1v) is 8.63. The third-order valence-corrected chi connectivity index (χ3v) is 5.01. The fourth-order valence-electron chi connectivity index (χ4n) is 2.96. The van der Waals surface area contributed by atoms with Crippen LogP contribution in [-0.2, 0) is 11.3 Å². The highest BCUT2D eigenvalue weighted by atomic mass is 35.5. The molecule has 2 heterocycles. The molecule has 1 saturated heterocycles. The zero-order chi connectivity index (χ0) is 18.0. The molecule has 0 unspecified atom stereocenters. The van der Waals surface area contributed by atoms with Gasteiger partial charge in [0.25, 0.3) is 0 Å². The van der Waals surface area contributed by atoms with Crippen molar-refractivity contribution in [1.29, 1.82) is 0 Å². The summed E-state index contributed by atoms with van der Waals surface area (Å²) in [7, 11) is 0. The molecular formula is C16H18Cl2N4O3. The quantitative estimate of drug-likeness (QED) is 0.841. The third-order valence-electron chi connectivity index (χ3n) is 4.28. The number of benzene rings is 1. The van der Waals surface area contributed by atoms with Gasteiger partial charge >= 0.3 is 5.97 Å². The Bertz CT molecular complexity index is 781. The average Bonchev–Trinajstić information content (AvgIpc) is 2.79. The summed E-state index contributed by atoms with van der Waals surface area (Å²) < 4.78 is 7.63. The Morgan fingerprint density at radius 3 is 2.92 bits per heavy atom. The number of nitrogens with zero attached hydrogens (tertiary/aromatic N) is 3. The van der Waals surface area contributed by atoms with E-state index in [4.69, 9.17) is 33.0 Å². The van der Waals surface area contributed by atoms with E-state index in [1.54, 1.807) is 17.7 Å². The molecule has 0 amide bonds. The summed E-state index contributed by atoms with van der Waals surface area (Å²) in [6.45, 7) is 4.18. The SMILES string of the molecule is Cc1c(C(=O)O)nnn1C[C@@H]1CNCCO[C@H]1c1ccc(Cl)c(Cl)c1. The van der Waals surface area contributed by atoms with E-state index >= 15 is 0 Å². The third kappa shape index (κ3) is 3.95. The minimum Gasteiger partial charge on any atom is -0.476 e. The van der Waals surface area contributed by atoms with E-state index in [1.165, 1.54) is 0 Å². The van der Waals surface area contributed by atoms with Crippen LogP contribution in [0.2, 0.25) is 10.0 Å². The van der Waals surface area contributed by atoms with E-state index < -0.39 is 5.97 Å². The molecule has 134 valence electrons. The number of hydrogen-bond donors (Lipinski definition) is 2. The van der Waals surface area contributed by atoms with Crippen LogP contribution in [0.4, 0.5) is 0 Å². The standard InChI is InChI=1S/C16H18Cl2N4O3/c1-9-14(16(23)24)20-21-22(9)8-11-7-19-4-5-25-15(11)10-2-3-12(17)13(18)6-10/h2-3,6,11,15,19H,4-5,7-8H2,1H3,(H,23,24)/t11-,15-/m0/s1. The van der Waals surface area contributed by atoms with Gasteiger partial charge in [-0.3, -0.25) is 0 Å². The molecule has 2 aromatic rings. The summed E-state index contributed by atoms with van der Waals surface area (Å²) in [6, 6.07) is 5.46. The first-order chi connectivity index (χ1) is 12.0. The van der Waals surface area contributed by atoms with Gasteiger partial charge in [0.2, 0.25) is 0 Å². The number of rotatable bonds is 4. The number of ether oxygens (including phenoxy) is 1. The smallest absolute Gasteiger partial charge is 0.358 e. The Kier molecular flexibility index (Phi) is 5.58. The van der Waals surface area contributed by atoms with Gasteiger partial charge in [-0.25, -0.2) is 9.48 Å². The van der Waals surface area contributed by atoms with Crippen LogP contribution in [0.1, 0.15) is 27.8 Å². The van der Waals surface area contributed by atoms with Gasteiger partial charge in [0.15, 0.2) is 5.69 Å². The number of halogens is 2. The molecule has 0 bridgehead atoms. The molecule has 1 aromatic carbocycles. The summed E-state index contributed by atoms with van der Waals surface area (Å²) in [5, 5.41) is 21.2. The van der Waals surface area contributed by atoms with Gasteiger partial charge in [0.05, 0.1) is 28.5 Å². The van der Waals surface area contributed by atoms with Crippen LogP contribution in [0.15, 0.2) is 18.2 Å². The van der Waals surface area contributed by atoms with Gasteiger partial charge in [-0.1, -0.05) is 34.5 Å². The largest absolute Gasteiger partial charge is 0.476 e. The summed E-state index contributed by atoms with van der Waals surface area (Å²) in [4.78, 5) is 11.2. The van der Waals surface area contributed by atoms with Crippen molar-refractivity contribution in [2.75, 3.05) is 19.7 Å². The molecule has 9 heteroatoms. The zero-order valence-electron chi connectivity index (χ0n) is 13.6. The fraction of sp³-hybridized carbons (Fsp3) is 0.438. The fourth-order valence-corrected chi connectivity index (χ4v) is 3.27. The minimum atomic E-state index is -1.08. The number of carbonyl (C=O) groups is 1. The van der Waals surface area contributed by atoms with Crippen molar-refractivity contribution >= 4 is 29.2 Å². The maximum absolute atomic E-state index is 11.2. The van der Waals surface area contributed by atoms with Crippen molar-refractivity contribution in [2.45, 2.75) is 19.6 Å². The van der Waals surface area contributed by atoms with E-state index in [2.05, 4.69) is 15.6 Å². The molecule has 25 heavy (non-hydrogen) atoms.